The number of carbonyl (C=O) groups excluding carboxylic acids is 2. The highest BCUT2D eigenvalue weighted by Gasteiger charge is 2.26. The maximum atomic E-state index is 12.9. The minimum Gasteiger partial charge on any atom is -0.445 e. The second-order valence-corrected chi connectivity index (χ2v) is 5.66. The van der Waals surface area contributed by atoms with Crippen LogP contribution < -0.4 is 0 Å². The molecule has 3 aromatic rings. The van der Waals surface area contributed by atoms with E-state index in [1.54, 1.807) is 36.4 Å². The zero-order valence-electron chi connectivity index (χ0n) is 13.8. The van der Waals surface area contributed by atoms with E-state index in [0.29, 0.717) is 16.7 Å². The molecule has 1 unspecified atom stereocenters. The molecule has 0 saturated carbocycles. The summed E-state index contributed by atoms with van der Waals surface area (Å²) in [5, 5.41) is 0. The van der Waals surface area contributed by atoms with Crippen LogP contribution in [0.2, 0.25) is 0 Å². The predicted molar refractivity (Wildman–Crippen MR) is 94.3 cm³/mol. The smallest absolute Gasteiger partial charge is 0.339 e. The van der Waals surface area contributed by atoms with Crippen molar-refractivity contribution in [3.63, 3.8) is 0 Å². The molecule has 0 radical (unpaired) electrons. The Morgan fingerprint density at radius 2 is 1.48 bits per heavy atom. The molecule has 4 heteroatoms. The topological polar surface area (TPSA) is 56.3 Å². The SMILES string of the molecule is Cc1ccc(C(=O)C(OC(=O)c2ccncc2)c2ccccc2)cc1. The van der Waals surface area contributed by atoms with Gasteiger partial charge >= 0.3 is 5.97 Å². The number of Topliss-reactive ketones (excluding diaryl/α,β-unsaturated/α-hetero) is 1. The number of pyridine rings is 1. The van der Waals surface area contributed by atoms with E-state index in [0.717, 1.165) is 5.56 Å². The van der Waals surface area contributed by atoms with Crippen molar-refractivity contribution in [2.75, 3.05) is 0 Å². The lowest BCUT2D eigenvalue weighted by Crippen LogP contribution is -2.20. The summed E-state index contributed by atoms with van der Waals surface area (Å²) in [5.41, 5.74) is 2.55. The molecule has 0 spiro atoms. The molecule has 1 atom stereocenters. The first-order valence-electron chi connectivity index (χ1n) is 7.92. The first-order chi connectivity index (χ1) is 12.1. The van der Waals surface area contributed by atoms with Gasteiger partial charge in [-0.25, -0.2) is 4.79 Å². The van der Waals surface area contributed by atoms with Crippen LogP contribution in [-0.4, -0.2) is 16.7 Å². The molecule has 0 fully saturated rings. The van der Waals surface area contributed by atoms with Gasteiger partial charge in [-0.2, -0.15) is 0 Å². The number of esters is 1. The van der Waals surface area contributed by atoms with Gasteiger partial charge in [-0.3, -0.25) is 9.78 Å². The molecule has 0 amide bonds. The van der Waals surface area contributed by atoms with Crippen molar-refractivity contribution in [1.82, 2.24) is 4.98 Å². The molecule has 3 rings (SSSR count). The minimum absolute atomic E-state index is 0.256. The Balaban J connectivity index is 1.91. The Kier molecular flexibility index (Phi) is 5.00. The summed E-state index contributed by atoms with van der Waals surface area (Å²) in [6.07, 6.45) is 2.02. The van der Waals surface area contributed by atoms with Gasteiger partial charge in [0.15, 0.2) is 6.10 Å². The van der Waals surface area contributed by atoms with Gasteiger partial charge in [-0.1, -0.05) is 60.2 Å². The van der Waals surface area contributed by atoms with Crippen molar-refractivity contribution in [3.8, 4) is 0 Å². The Bertz CT molecular complexity index is 859. The fourth-order valence-corrected chi connectivity index (χ4v) is 2.43. The summed E-state index contributed by atoms with van der Waals surface area (Å²) in [5.74, 6) is -0.815. The lowest BCUT2D eigenvalue weighted by molar-refractivity contribution is 0.0280. The van der Waals surface area contributed by atoms with E-state index in [4.69, 9.17) is 4.74 Å². The summed E-state index contributed by atoms with van der Waals surface area (Å²) >= 11 is 0. The molecule has 2 aromatic carbocycles. The lowest BCUT2D eigenvalue weighted by Gasteiger charge is -2.17. The van der Waals surface area contributed by atoms with Gasteiger partial charge in [0.25, 0.3) is 0 Å². The normalized spacial score (nSPS) is 11.6. The van der Waals surface area contributed by atoms with Crippen molar-refractivity contribution in [2.45, 2.75) is 13.0 Å². The monoisotopic (exact) mass is 331 g/mol. The van der Waals surface area contributed by atoms with Gasteiger partial charge in [-0.15, -0.1) is 0 Å². The Morgan fingerprint density at radius 3 is 2.12 bits per heavy atom. The molecule has 0 aliphatic carbocycles. The molecule has 0 bridgehead atoms. The Morgan fingerprint density at radius 1 is 0.840 bits per heavy atom. The molecule has 0 saturated heterocycles. The zero-order chi connectivity index (χ0) is 17.6. The molecular weight excluding hydrogens is 314 g/mol. The van der Waals surface area contributed by atoms with Crippen molar-refractivity contribution < 1.29 is 14.3 Å². The van der Waals surface area contributed by atoms with Crippen LogP contribution in [0.25, 0.3) is 0 Å². The molecule has 0 aliphatic heterocycles. The van der Waals surface area contributed by atoms with E-state index in [1.807, 2.05) is 37.3 Å². The summed E-state index contributed by atoms with van der Waals surface area (Å²) in [6.45, 7) is 1.95. The van der Waals surface area contributed by atoms with Gasteiger partial charge in [0.1, 0.15) is 0 Å². The third kappa shape index (κ3) is 3.98. The number of nitrogens with zero attached hydrogens (tertiary/aromatic N) is 1. The van der Waals surface area contributed by atoms with Gasteiger partial charge in [-0.05, 0) is 19.1 Å². The molecular formula is C21H17NO3. The number of rotatable bonds is 5. The number of ether oxygens (including phenoxy) is 1. The summed E-state index contributed by atoms with van der Waals surface area (Å²) in [4.78, 5) is 29.2. The van der Waals surface area contributed by atoms with Crippen molar-refractivity contribution in [1.29, 1.82) is 0 Å². The van der Waals surface area contributed by atoms with Crippen LogP contribution in [0.15, 0.2) is 79.1 Å². The Hall–Kier alpha value is -3.27. The van der Waals surface area contributed by atoms with Gasteiger partial charge in [0.2, 0.25) is 5.78 Å². The molecule has 0 N–H and O–H groups in total. The van der Waals surface area contributed by atoms with E-state index < -0.39 is 12.1 Å². The summed E-state index contributed by atoms with van der Waals surface area (Å²) in [6, 6.07) is 19.3. The second kappa shape index (κ2) is 7.53. The molecule has 4 nitrogen and oxygen atoms in total. The maximum Gasteiger partial charge on any atom is 0.339 e. The highest BCUT2D eigenvalue weighted by atomic mass is 16.5. The van der Waals surface area contributed by atoms with Gasteiger partial charge in [0, 0.05) is 23.5 Å². The molecule has 1 heterocycles. The van der Waals surface area contributed by atoms with Crippen molar-refractivity contribution in [2.24, 2.45) is 0 Å². The molecule has 0 aliphatic rings. The first-order valence-corrected chi connectivity index (χ1v) is 7.92. The zero-order valence-corrected chi connectivity index (χ0v) is 13.8. The van der Waals surface area contributed by atoms with Crippen LogP contribution in [0, 0.1) is 6.92 Å². The molecule has 25 heavy (non-hydrogen) atoms. The van der Waals surface area contributed by atoms with Crippen LogP contribution in [0.3, 0.4) is 0 Å². The largest absolute Gasteiger partial charge is 0.445 e. The number of aromatic nitrogens is 1. The van der Waals surface area contributed by atoms with E-state index in [-0.39, 0.29) is 5.78 Å². The van der Waals surface area contributed by atoms with Crippen LogP contribution in [-0.2, 0) is 4.74 Å². The second-order valence-electron chi connectivity index (χ2n) is 5.66. The average molecular weight is 331 g/mol. The highest BCUT2D eigenvalue weighted by Crippen LogP contribution is 2.24. The minimum atomic E-state index is -0.996. The van der Waals surface area contributed by atoms with Gasteiger partial charge < -0.3 is 4.74 Å². The quantitative estimate of drug-likeness (QED) is 0.520. The fourth-order valence-electron chi connectivity index (χ4n) is 2.43. The lowest BCUT2D eigenvalue weighted by atomic mass is 9.99. The third-order valence-electron chi connectivity index (χ3n) is 3.82. The van der Waals surface area contributed by atoms with Crippen LogP contribution in [0.5, 0.6) is 0 Å². The van der Waals surface area contributed by atoms with Crippen LogP contribution in [0.1, 0.15) is 37.9 Å². The summed E-state index contributed by atoms with van der Waals surface area (Å²) < 4.78 is 5.55. The third-order valence-corrected chi connectivity index (χ3v) is 3.82. The van der Waals surface area contributed by atoms with E-state index in [2.05, 4.69) is 4.98 Å². The number of hydrogen-bond donors (Lipinski definition) is 0. The van der Waals surface area contributed by atoms with Crippen LogP contribution in [0.4, 0.5) is 0 Å². The number of carbonyl (C=O) groups is 2. The molecule has 1 aromatic heterocycles. The summed E-state index contributed by atoms with van der Waals surface area (Å²) in [7, 11) is 0. The average Bonchev–Trinajstić information content (AvgIpc) is 2.67. The molecule has 124 valence electrons. The number of aryl methyl sites for hydroxylation is 1. The highest BCUT2D eigenvalue weighted by molar-refractivity contribution is 6.02. The first kappa shape index (κ1) is 16.6. The number of ketones is 1. The van der Waals surface area contributed by atoms with E-state index >= 15 is 0 Å². The van der Waals surface area contributed by atoms with Crippen LogP contribution >= 0.6 is 0 Å². The number of hydrogen-bond acceptors (Lipinski definition) is 4. The van der Waals surface area contributed by atoms with Gasteiger partial charge in [0.05, 0.1) is 5.56 Å². The maximum absolute atomic E-state index is 12.9. The van der Waals surface area contributed by atoms with Crippen molar-refractivity contribution >= 4 is 11.8 Å². The number of benzene rings is 2. The standard InChI is InChI=1S/C21H17NO3/c1-15-7-9-16(10-8-15)19(23)20(17-5-3-2-4-6-17)25-21(24)18-11-13-22-14-12-18/h2-14,20H,1H3. The Labute approximate surface area is 146 Å². The predicted octanol–water partition coefficient (Wildman–Crippen LogP) is 4.17. The van der Waals surface area contributed by atoms with E-state index in [1.165, 1.54) is 12.4 Å². The fraction of sp³-hybridized carbons (Fsp3) is 0.0952. The van der Waals surface area contributed by atoms with E-state index in [9.17, 15) is 9.59 Å². The van der Waals surface area contributed by atoms with Crippen molar-refractivity contribution in [3.05, 3.63) is 101 Å².